The first-order valence-corrected chi connectivity index (χ1v) is 8.52. The van der Waals surface area contributed by atoms with E-state index in [1.54, 1.807) is 11.5 Å². The highest BCUT2D eigenvalue weighted by molar-refractivity contribution is 6.32. The number of benzene rings is 1. The van der Waals surface area contributed by atoms with Crippen molar-refractivity contribution in [2.75, 3.05) is 0 Å². The molecule has 0 aromatic heterocycles. The summed E-state index contributed by atoms with van der Waals surface area (Å²) in [5.74, 6) is -0.277. The number of hydroxylamine groups is 1. The molecule has 1 saturated carbocycles. The van der Waals surface area contributed by atoms with Crippen molar-refractivity contribution in [3.8, 4) is 0 Å². The molecule has 1 heterocycles. The van der Waals surface area contributed by atoms with E-state index in [-0.39, 0.29) is 11.8 Å². The molecular formula is C17H21ClN2O3. The summed E-state index contributed by atoms with van der Waals surface area (Å²) < 4.78 is 0. The number of carbonyl (C=O) groups excluding carboxylic acids is 2. The van der Waals surface area contributed by atoms with Crippen molar-refractivity contribution >= 4 is 23.4 Å². The number of amides is 2. The van der Waals surface area contributed by atoms with Gasteiger partial charge in [-0.25, -0.2) is 5.48 Å². The molecule has 1 fully saturated rings. The standard InChI is InChI=1S/C17H21ClN2O3/c18-15-8-12(16(21)19-23)7-13-9-20(10-14(13)15)17(22)11-5-3-1-2-4-6-11/h7-8,11,23H,1-6,9-10H2,(H,19,21). The van der Waals surface area contributed by atoms with Crippen LogP contribution >= 0.6 is 11.6 Å². The van der Waals surface area contributed by atoms with Gasteiger partial charge in [0.05, 0.1) is 0 Å². The van der Waals surface area contributed by atoms with Gasteiger partial charge in [0.2, 0.25) is 5.91 Å². The zero-order valence-electron chi connectivity index (χ0n) is 13.0. The second-order valence-electron chi connectivity index (χ2n) is 6.42. The van der Waals surface area contributed by atoms with E-state index >= 15 is 0 Å². The van der Waals surface area contributed by atoms with E-state index in [9.17, 15) is 9.59 Å². The minimum atomic E-state index is -0.594. The van der Waals surface area contributed by atoms with Gasteiger partial charge < -0.3 is 4.90 Å². The van der Waals surface area contributed by atoms with E-state index < -0.39 is 5.91 Å². The molecule has 0 unspecified atom stereocenters. The van der Waals surface area contributed by atoms with Crippen molar-refractivity contribution in [2.45, 2.75) is 51.6 Å². The van der Waals surface area contributed by atoms with E-state index in [0.717, 1.165) is 36.8 Å². The SMILES string of the molecule is O=C(NO)c1cc(Cl)c2c(c1)CN(C(=O)C1CCCCCC1)C2. The molecule has 2 amide bonds. The van der Waals surface area contributed by atoms with Crippen LogP contribution in [0.25, 0.3) is 0 Å². The lowest BCUT2D eigenvalue weighted by molar-refractivity contribution is -0.136. The molecule has 2 aliphatic rings. The average Bonchev–Trinajstić information content (AvgIpc) is 2.80. The first-order chi connectivity index (χ1) is 11.1. The maximum Gasteiger partial charge on any atom is 0.274 e. The highest BCUT2D eigenvalue weighted by atomic mass is 35.5. The number of fused-ring (bicyclic) bond motifs is 1. The first-order valence-electron chi connectivity index (χ1n) is 8.14. The molecule has 1 aliphatic heterocycles. The molecule has 124 valence electrons. The fraction of sp³-hybridized carbons (Fsp3) is 0.529. The molecule has 0 radical (unpaired) electrons. The molecule has 5 nitrogen and oxygen atoms in total. The molecular weight excluding hydrogens is 316 g/mol. The lowest BCUT2D eigenvalue weighted by Gasteiger charge is -2.22. The number of hydrogen-bond donors (Lipinski definition) is 2. The fourth-order valence-corrected chi connectivity index (χ4v) is 3.90. The van der Waals surface area contributed by atoms with Gasteiger partial charge in [-0.3, -0.25) is 14.8 Å². The number of hydrogen-bond acceptors (Lipinski definition) is 3. The van der Waals surface area contributed by atoms with Crippen LogP contribution in [0.2, 0.25) is 5.02 Å². The van der Waals surface area contributed by atoms with Crippen molar-refractivity contribution in [3.63, 3.8) is 0 Å². The van der Waals surface area contributed by atoms with E-state index in [2.05, 4.69) is 0 Å². The molecule has 3 rings (SSSR count). The number of halogens is 1. The van der Waals surface area contributed by atoms with Crippen LogP contribution in [0.5, 0.6) is 0 Å². The third-order valence-corrected chi connectivity index (χ3v) is 5.22. The average molecular weight is 337 g/mol. The van der Waals surface area contributed by atoms with Crippen molar-refractivity contribution in [2.24, 2.45) is 5.92 Å². The molecule has 0 saturated heterocycles. The zero-order valence-corrected chi connectivity index (χ0v) is 13.7. The van der Waals surface area contributed by atoms with Gasteiger partial charge in [-0.1, -0.05) is 37.3 Å². The maximum atomic E-state index is 12.8. The van der Waals surface area contributed by atoms with Gasteiger partial charge in [-0.2, -0.15) is 0 Å². The van der Waals surface area contributed by atoms with Gasteiger partial charge in [0, 0.05) is 29.6 Å². The Balaban J connectivity index is 1.77. The van der Waals surface area contributed by atoms with E-state index in [1.165, 1.54) is 18.9 Å². The molecule has 2 N–H and O–H groups in total. The largest absolute Gasteiger partial charge is 0.334 e. The summed E-state index contributed by atoms with van der Waals surface area (Å²) in [7, 11) is 0. The molecule has 0 bridgehead atoms. The zero-order chi connectivity index (χ0) is 16.4. The Bertz CT molecular complexity index is 625. The minimum Gasteiger partial charge on any atom is -0.334 e. The lowest BCUT2D eigenvalue weighted by Crippen LogP contribution is -2.31. The summed E-state index contributed by atoms with van der Waals surface area (Å²) in [4.78, 5) is 26.2. The van der Waals surface area contributed by atoms with Crippen molar-refractivity contribution in [3.05, 3.63) is 33.8 Å². The van der Waals surface area contributed by atoms with E-state index in [4.69, 9.17) is 16.8 Å². The van der Waals surface area contributed by atoms with Gasteiger partial charge in [0.1, 0.15) is 0 Å². The molecule has 0 spiro atoms. The molecule has 1 aliphatic carbocycles. The first kappa shape index (κ1) is 16.3. The Morgan fingerprint density at radius 2 is 1.83 bits per heavy atom. The summed E-state index contributed by atoms with van der Waals surface area (Å²) in [5, 5.41) is 9.23. The van der Waals surface area contributed by atoms with Gasteiger partial charge in [0.15, 0.2) is 0 Å². The summed E-state index contributed by atoms with van der Waals surface area (Å²) in [5.41, 5.74) is 3.71. The Hall–Kier alpha value is -1.59. The Morgan fingerprint density at radius 3 is 2.48 bits per heavy atom. The van der Waals surface area contributed by atoms with Crippen molar-refractivity contribution < 1.29 is 14.8 Å². The van der Waals surface area contributed by atoms with Crippen LogP contribution in [0.1, 0.15) is 60.0 Å². The smallest absolute Gasteiger partial charge is 0.274 e. The van der Waals surface area contributed by atoms with Crippen LogP contribution in [0.15, 0.2) is 12.1 Å². The van der Waals surface area contributed by atoms with Crippen molar-refractivity contribution in [1.82, 2.24) is 10.4 Å². The number of nitrogens with zero attached hydrogens (tertiary/aromatic N) is 1. The predicted octanol–water partition coefficient (Wildman–Crippen LogP) is 3.27. The Labute approximate surface area is 140 Å². The van der Waals surface area contributed by atoms with Crippen LogP contribution < -0.4 is 5.48 Å². The molecule has 23 heavy (non-hydrogen) atoms. The monoisotopic (exact) mass is 336 g/mol. The van der Waals surface area contributed by atoms with Crippen LogP contribution in [-0.4, -0.2) is 21.9 Å². The second-order valence-corrected chi connectivity index (χ2v) is 6.83. The molecule has 0 atom stereocenters. The van der Waals surface area contributed by atoms with E-state index in [1.807, 2.05) is 4.90 Å². The van der Waals surface area contributed by atoms with E-state index in [0.29, 0.717) is 23.7 Å². The molecule has 1 aromatic carbocycles. The second kappa shape index (κ2) is 6.89. The predicted molar refractivity (Wildman–Crippen MR) is 86.2 cm³/mol. The van der Waals surface area contributed by atoms with Gasteiger partial charge in [-0.05, 0) is 36.1 Å². The number of nitrogens with one attached hydrogen (secondary N) is 1. The third-order valence-electron chi connectivity index (χ3n) is 4.88. The Morgan fingerprint density at radius 1 is 1.13 bits per heavy atom. The molecule has 6 heteroatoms. The number of rotatable bonds is 2. The minimum absolute atomic E-state index is 0.116. The van der Waals surface area contributed by atoms with Gasteiger partial charge in [0.25, 0.3) is 5.91 Å². The highest BCUT2D eigenvalue weighted by Gasteiger charge is 2.31. The number of carbonyl (C=O) groups is 2. The summed E-state index contributed by atoms with van der Waals surface area (Å²) in [6.45, 7) is 0.988. The quantitative estimate of drug-likeness (QED) is 0.494. The van der Waals surface area contributed by atoms with Crippen LogP contribution in [0.4, 0.5) is 0 Å². The Kier molecular flexibility index (Phi) is 4.87. The summed E-state index contributed by atoms with van der Waals surface area (Å²) in [6.07, 6.45) is 6.62. The lowest BCUT2D eigenvalue weighted by atomic mass is 9.99. The highest BCUT2D eigenvalue weighted by Crippen LogP contribution is 2.33. The summed E-state index contributed by atoms with van der Waals surface area (Å²) in [6, 6.07) is 3.23. The normalized spacial score (nSPS) is 18.4. The fourth-order valence-electron chi connectivity index (χ4n) is 3.60. The van der Waals surface area contributed by atoms with Gasteiger partial charge >= 0.3 is 0 Å². The van der Waals surface area contributed by atoms with Crippen LogP contribution in [0.3, 0.4) is 0 Å². The topological polar surface area (TPSA) is 69.6 Å². The molecule has 1 aromatic rings. The van der Waals surface area contributed by atoms with Crippen LogP contribution in [0, 0.1) is 5.92 Å². The third kappa shape index (κ3) is 3.35. The summed E-state index contributed by atoms with van der Waals surface area (Å²) >= 11 is 6.26. The van der Waals surface area contributed by atoms with Gasteiger partial charge in [-0.15, -0.1) is 0 Å². The van der Waals surface area contributed by atoms with Crippen molar-refractivity contribution in [1.29, 1.82) is 0 Å². The maximum absolute atomic E-state index is 12.8. The van der Waals surface area contributed by atoms with Crippen LogP contribution in [-0.2, 0) is 17.9 Å².